The van der Waals surface area contributed by atoms with Gasteiger partial charge in [0.25, 0.3) is 0 Å². The smallest absolute Gasteiger partial charge is 0.224 e. The number of thioether (sulfide) groups is 1. The van der Waals surface area contributed by atoms with Gasteiger partial charge in [-0.15, -0.1) is 24.8 Å². The van der Waals surface area contributed by atoms with E-state index in [2.05, 4.69) is 32.9 Å². The van der Waals surface area contributed by atoms with E-state index < -0.39 is 0 Å². The Morgan fingerprint density at radius 1 is 1.46 bits per heavy atom. The maximum atomic E-state index is 12.6. The molecule has 0 spiro atoms. The molecule has 0 radical (unpaired) electrons. The molecule has 2 fully saturated rings. The Labute approximate surface area is 161 Å². The summed E-state index contributed by atoms with van der Waals surface area (Å²) in [6.07, 6.45) is 7.76. The number of aryl methyl sites for hydroxylation is 1. The molecule has 0 bridgehead atoms. The molecule has 2 aliphatic rings. The second-order valence-corrected chi connectivity index (χ2v) is 7.32. The third kappa shape index (κ3) is 5.28. The summed E-state index contributed by atoms with van der Waals surface area (Å²) in [5.41, 5.74) is 0. The average molecular weight is 395 g/mol. The Hall–Kier alpha value is -0.430. The van der Waals surface area contributed by atoms with Gasteiger partial charge in [0.15, 0.2) is 0 Å². The molecule has 1 N–H and O–H groups in total. The Morgan fingerprint density at radius 3 is 3.00 bits per heavy atom. The van der Waals surface area contributed by atoms with Crippen molar-refractivity contribution in [3.05, 3.63) is 18.2 Å². The molecule has 1 aromatic rings. The van der Waals surface area contributed by atoms with Gasteiger partial charge in [0.2, 0.25) is 5.91 Å². The largest absolute Gasteiger partial charge is 0.341 e. The first-order valence-electron chi connectivity index (χ1n) is 8.38. The lowest BCUT2D eigenvalue weighted by Gasteiger charge is -2.35. The van der Waals surface area contributed by atoms with E-state index in [0.717, 1.165) is 56.2 Å². The van der Waals surface area contributed by atoms with Crippen LogP contribution in [-0.4, -0.2) is 57.5 Å². The molecule has 0 aromatic carbocycles. The monoisotopic (exact) mass is 394 g/mol. The molecule has 138 valence electrons. The molecular weight excluding hydrogens is 367 g/mol. The summed E-state index contributed by atoms with van der Waals surface area (Å²) < 4.78 is 2.27. The van der Waals surface area contributed by atoms with Gasteiger partial charge in [0.05, 0.1) is 6.04 Å². The zero-order chi connectivity index (χ0) is 15.4. The fourth-order valence-corrected chi connectivity index (χ4v) is 4.40. The standard InChI is InChI=1S/C16H26N4OS.2ClH/c1-2-15-18-5-8-20(15)14-4-3-7-19(11-14)16(21)10-13-12-22-9-6-17-13;;/h5,8,13-14,17H,2-4,6-7,9-12H2,1H3;2*1H. The van der Waals surface area contributed by atoms with Gasteiger partial charge in [-0.3, -0.25) is 4.79 Å². The summed E-state index contributed by atoms with van der Waals surface area (Å²) >= 11 is 1.95. The van der Waals surface area contributed by atoms with Gasteiger partial charge in [0.1, 0.15) is 5.82 Å². The predicted octanol–water partition coefficient (Wildman–Crippen LogP) is 2.55. The number of piperidine rings is 1. The first-order valence-corrected chi connectivity index (χ1v) is 9.54. The van der Waals surface area contributed by atoms with Gasteiger partial charge in [-0.1, -0.05) is 6.92 Å². The molecule has 2 aliphatic heterocycles. The van der Waals surface area contributed by atoms with Gasteiger partial charge < -0.3 is 14.8 Å². The van der Waals surface area contributed by atoms with Gasteiger partial charge in [-0.2, -0.15) is 11.8 Å². The minimum atomic E-state index is 0. The highest BCUT2D eigenvalue weighted by atomic mass is 35.5. The Kier molecular flexibility index (Phi) is 9.49. The predicted molar refractivity (Wildman–Crippen MR) is 105 cm³/mol. The van der Waals surface area contributed by atoms with Crippen LogP contribution < -0.4 is 5.32 Å². The quantitative estimate of drug-likeness (QED) is 0.852. The molecule has 0 aliphatic carbocycles. The summed E-state index contributed by atoms with van der Waals surface area (Å²) in [5, 5.41) is 3.46. The van der Waals surface area contributed by atoms with Crippen molar-refractivity contribution in [3.63, 3.8) is 0 Å². The number of amides is 1. The molecular formula is C16H28Cl2N4OS. The lowest BCUT2D eigenvalue weighted by molar-refractivity contribution is -0.133. The number of carbonyl (C=O) groups is 1. The number of carbonyl (C=O) groups excluding carboxylic acids is 1. The zero-order valence-corrected chi connectivity index (χ0v) is 16.6. The molecule has 2 unspecified atom stereocenters. The van der Waals surface area contributed by atoms with Crippen LogP contribution in [0, 0.1) is 0 Å². The number of likely N-dealkylation sites (tertiary alicyclic amines) is 1. The van der Waals surface area contributed by atoms with Crippen LogP contribution in [0.3, 0.4) is 0 Å². The number of halogens is 2. The second kappa shape index (κ2) is 10.5. The Bertz CT molecular complexity index is 508. The van der Waals surface area contributed by atoms with Gasteiger partial charge in [-0.05, 0) is 12.8 Å². The molecule has 3 heterocycles. The molecule has 5 nitrogen and oxygen atoms in total. The van der Waals surface area contributed by atoms with Crippen molar-refractivity contribution in [1.82, 2.24) is 19.8 Å². The third-order valence-corrected chi connectivity index (χ3v) is 5.76. The molecule has 2 saturated heterocycles. The van der Waals surface area contributed by atoms with Crippen LogP contribution in [0.15, 0.2) is 12.4 Å². The summed E-state index contributed by atoms with van der Waals surface area (Å²) in [7, 11) is 0. The van der Waals surface area contributed by atoms with Crippen LogP contribution in [-0.2, 0) is 11.2 Å². The minimum absolute atomic E-state index is 0. The van der Waals surface area contributed by atoms with Gasteiger partial charge in [-0.25, -0.2) is 4.98 Å². The summed E-state index contributed by atoms with van der Waals surface area (Å²) in [5.74, 6) is 3.66. The number of hydrogen-bond acceptors (Lipinski definition) is 4. The fourth-order valence-electron chi connectivity index (χ4n) is 3.45. The second-order valence-electron chi connectivity index (χ2n) is 6.17. The Morgan fingerprint density at radius 2 is 2.29 bits per heavy atom. The van der Waals surface area contributed by atoms with Crippen molar-refractivity contribution in [2.75, 3.05) is 31.1 Å². The molecule has 3 rings (SSSR count). The summed E-state index contributed by atoms with van der Waals surface area (Å²) in [6, 6.07) is 0.745. The average Bonchev–Trinajstić information content (AvgIpc) is 3.04. The van der Waals surface area contributed by atoms with Crippen molar-refractivity contribution < 1.29 is 4.79 Å². The first kappa shape index (κ1) is 21.6. The van der Waals surface area contributed by atoms with E-state index in [0.29, 0.717) is 24.4 Å². The topological polar surface area (TPSA) is 50.2 Å². The lowest BCUT2D eigenvalue weighted by atomic mass is 10.0. The van der Waals surface area contributed by atoms with E-state index in [4.69, 9.17) is 0 Å². The highest BCUT2D eigenvalue weighted by Crippen LogP contribution is 2.24. The van der Waals surface area contributed by atoms with E-state index in [9.17, 15) is 4.79 Å². The molecule has 2 atom stereocenters. The number of rotatable bonds is 4. The van der Waals surface area contributed by atoms with Crippen LogP contribution in [0.1, 0.15) is 38.1 Å². The number of hydrogen-bond donors (Lipinski definition) is 1. The normalized spacial score (nSPS) is 24.0. The van der Waals surface area contributed by atoms with Gasteiger partial charge >= 0.3 is 0 Å². The Balaban J connectivity index is 0.00000144. The van der Waals surface area contributed by atoms with E-state index >= 15 is 0 Å². The summed E-state index contributed by atoms with van der Waals surface area (Å²) in [6.45, 7) is 4.91. The maximum absolute atomic E-state index is 12.6. The number of aromatic nitrogens is 2. The number of nitrogens with one attached hydrogen (secondary N) is 1. The molecule has 0 saturated carbocycles. The van der Waals surface area contributed by atoms with E-state index in [1.165, 1.54) is 0 Å². The third-order valence-electron chi connectivity index (χ3n) is 4.63. The molecule has 1 amide bonds. The minimum Gasteiger partial charge on any atom is -0.341 e. The van der Waals surface area contributed by atoms with Crippen LogP contribution in [0.5, 0.6) is 0 Å². The van der Waals surface area contributed by atoms with E-state index in [1.54, 1.807) is 0 Å². The van der Waals surface area contributed by atoms with Crippen LogP contribution in [0.4, 0.5) is 0 Å². The zero-order valence-electron chi connectivity index (χ0n) is 14.1. The van der Waals surface area contributed by atoms with Crippen LogP contribution in [0.2, 0.25) is 0 Å². The molecule has 8 heteroatoms. The van der Waals surface area contributed by atoms with Crippen LogP contribution >= 0.6 is 36.6 Å². The van der Waals surface area contributed by atoms with Crippen LogP contribution in [0.25, 0.3) is 0 Å². The van der Waals surface area contributed by atoms with Gasteiger partial charge in [0, 0.05) is 62.4 Å². The van der Waals surface area contributed by atoms with Crippen molar-refractivity contribution in [1.29, 1.82) is 0 Å². The van der Waals surface area contributed by atoms with Crippen molar-refractivity contribution in [2.45, 2.75) is 44.7 Å². The van der Waals surface area contributed by atoms with E-state index in [-0.39, 0.29) is 24.8 Å². The SMILES string of the molecule is CCc1nccn1C1CCCN(C(=O)CC2CSCCN2)C1.Cl.Cl. The maximum Gasteiger partial charge on any atom is 0.224 e. The van der Waals surface area contributed by atoms with E-state index in [1.807, 2.05) is 18.0 Å². The van der Waals surface area contributed by atoms with Crippen molar-refractivity contribution >= 4 is 42.5 Å². The highest BCUT2D eigenvalue weighted by molar-refractivity contribution is 7.99. The lowest BCUT2D eigenvalue weighted by Crippen LogP contribution is -2.45. The fraction of sp³-hybridized carbons (Fsp3) is 0.750. The number of nitrogens with zero attached hydrogens (tertiary/aromatic N) is 3. The molecule has 1 aromatic heterocycles. The van der Waals surface area contributed by atoms with Crippen molar-refractivity contribution in [2.24, 2.45) is 0 Å². The number of imidazole rings is 1. The summed E-state index contributed by atoms with van der Waals surface area (Å²) in [4.78, 5) is 19.1. The molecule has 24 heavy (non-hydrogen) atoms. The first-order chi connectivity index (χ1) is 10.8. The van der Waals surface area contributed by atoms with Crippen molar-refractivity contribution in [3.8, 4) is 0 Å². The highest BCUT2D eigenvalue weighted by Gasteiger charge is 2.27.